The number of nitrogens with zero attached hydrogens (tertiary/aromatic N) is 3. The van der Waals surface area contributed by atoms with Gasteiger partial charge in [-0.05, 0) is 92.3 Å². The quantitative estimate of drug-likeness (QED) is 0.157. The van der Waals surface area contributed by atoms with Crippen LogP contribution in [0.3, 0.4) is 0 Å². The number of hydrogen-bond acceptors (Lipinski definition) is 4. The fourth-order valence-electron chi connectivity index (χ4n) is 9.36. The van der Waals surface area contributed by atoms with Crippen molar-refractivity contribution in [3.05, 3.63) is 217 Å². The summed E-state index contributed by atoms with van der Waals surface area (Å²) < 4.78 is 13.2. The first-order chi connectivity index (χ1) is 31.1. The van der Waals surface area contributed by atoms with E-state index in [1.165, 1.54) is 0 Å². The SMILES string of the molecule is [C-]#[N+]c1cc2ccccc2c2c1oc1c(-c3ccc(N(c4ccc(-c5ccccc5)cc4)c4ccc(-c5cccc6c5oc5c(C#N)cc7ccccc7c56)cc4)cc3)cccc12. The number of anilines is 3. The zero-order valence-electron chi connectivity index (χ0n) is 33.7. The Bertz CT molecular complexity index is 3630. The van der Waals surface area contributed by atoms with Crippen LogP contribution in [-0.4, -0.2) is 0 Å². The van der Waals surface area contributed by atoms with Crippen molar-refractivity contribution < 1.29 is 8.83 Å². The average molecular weight is 804 g/mol. The van der Waals surface area contributed by atoms with Gasteiger partial charge in [-0.25, -0.2) is 4.85 Å². The Balaban J connectivity index is 0.964. The maximum Gasteiger partial charge on any atom is 0.230 e. The van der Waals surface area contributed by atoms with Gasteiger partial charge >= 0.3 is 0 Å². The van der Waals surface area contributed by atoms with E-state index in [0.29, 0.717) is 22.4 Å². The lowest BCUT2D eigenvalue weighted by atomic mass is 9.98. The summed E-state index contributed by atoms with van der Waals surface area (Å²) in [6.45, 7) is 7.95. The molecule has 0 atom stereocenters. The third-order valence-corrected chi connectivity index (χ3v) is 12.3. The molecule has 2 heterocycles. The summed E-state index contributed by atoms with van der Waals surface area (Å²) in [7, 11) is 0. The fraction of sp³-hybridized carbons (Fsp3) is 0. The lowest BCUT2D eigenvalue weighted by molar-refractivity contribution is 0.669. The Hall–Kier alpha value is -8.90. The van der Waals surface area contributed by atoms with E-state index in [1.807, 2.05) is 54.6 Å². The molecule has 5 heteroatoms. The summed E-state index contributed by atoms with van der Waals surface area (Å²) in [5.41, 5.74) is 13.0. The van der Waals surface area contributed by atoms with Gasteiger partial charge < -0.3 is 13.7 Å². The van der Waals surface area contributed by atoms with Crippen molar-refractivity contribution in [2.24, 2.45) is 0 Å². The van der Waals surface area contributed by atoms with Gasteiger partial charge in [0.2, 0.25) is 5.69 Å². The van der Waals surface area contributed by atoms with Crippen molar-refractivity contribution in [3.63, 3.8) is 0 Å². The highest BCUT2D eigenvalue weighted by atomic mass is 16.3. The van der Waals surface area contributed by atoms with Crippen LogP contribution in [0.2, 0.25) is 0 Å². The maximum atomic E-state index is 10.1. The van der Waals surface area contributed by atoms with Crippen LogP contribution in [0.4, 0.5) is 22.7 Å². The molecule has 0 aliphatic carbocycles. The summed E-state index contributed by atoms with van der Waals surface area (Å²) >= 11 is 0. The molecule has 0 amide bonds. The van der Waals surface area contributed by atoms with Gasteiger partial charge in [0, 0.05) is 49.7 Å². The Morgan fingerprint density at radius 2 is 0.857 bits per heavy atom. The summed E-state index contributed by atoms with van der Waals surface area (Å²) in [6, 6.07) is 71.3. The molecule has 0 spiro atoms. The first-order valence-electron chi connectivity index (χ1n) is 20.8. The van der Waals surface area contributed by atoms with Gasteiger partial charge in [0.1, 0.15) is 22.8 Å². The zero-order chi connectivity index (χ0) is 42.0. The Labute approximate surface area is 362 Å². The molecule has 0 aliphatic rings. The average Bonchev–Trinajstić information content (AvgIpc) is 3.95. The molecule has 0 radical (unpaired) electrons. The van der Waals surface area contributed by atoms with Crippen LogP contribution in [0.25, 0.3) is 104 Å². The van der Waals surface area contributed by atoms with Crippen LogP contribution in [-0.2, 0) is 0 Å². The number of furan rings is 2. The van der Waals surface area contributed by atoms with Crippen LogP contribution in [0.5, 0.6) is 0 Å². The van der Waals surface area contributed by atoms with Crippen molar-refractivity contribution in [1.29, 1.82) is 5.26 Å². The number of hydrogen-bond donors (Lipinski definition) is 0. The van der Waals surface area contributed by atoms with Gasteiger partial charge in [-0.3, -0.25) is 0 Å². The van der Waals surface area contributed by atoms with E-state index in [1.54, 1.807) is 0 Å². The minimum Gasteiger partial charge on any atom is -0.466 e. The molecule has 0 fully saturated rings. The molecule has 0 unspecified atom stereocenters. The summed E-state index contributed by atoms with van der Waals surface area (Å²) in [6.07, 6.45) is 0. The Kier molecular flexibility index (Phi) is 8.22. The second kappa shape index (κ2) is 14.4. The van der Waals surface area contributed by atoms with Gasteiger partial charge in [0.25, 0.3) is 0 Å². The molecule has 0 saturated carbocycles. The second-order valence-electron chi connectivity index (χ2n) is 15.8. The minimum absolute atomic E-state index is 0.511. The first-order valence-corrected chi connectivity index (χ1v) is 20.8. The molecule has 0 aliphatic heterocycles. The highest BCUT2D eigenvalue weighted by Gasteiger charge is 2.21. The van der Waals surface area contributed by atoms with Crippen LogP contribution < -0.4 is 4.90 Å². The molecule has 12 rings (SSSR count). The number of rotatable bonds is 6. The molecule has 2 aromatic heterocycles. The number of benzene rings is 10. The summed E-state index contributed by atoms with van der Waals surface area (Å²) in [4.78, 5) is 6.12. The number of nitriles is 1. The number of fused-ring (bicyclic) bond motifs is 10. The Morgan fingerprint density at radius 3 is 1.40 bits per heavy atom. The smallest absolute Gasteiger partial charge is 0.230 e. The molecule has 10 aromatic carbocycles. The molecule has 0 bridgehead atoms. The normalized spacial score (nSPS) is 11.5. The largest absolute Gasteiger partial charge is 0.466 e. The van der Waals surface area contributed by atoms with Gasteiger partial charge in [-0.15, -0.1) is 0 Å². The van der Waals surface area contributed by atoms with Crippen LogP contribution >= 0.6 is 0 Å². The van der Waals surface area contributed by atoms with Crippen LogP contribution in [0, 0.1) is 17.9 Å². The molecule has 12 aromatic rings. The van der Waals surface area contributed by atoms with E-state index < -0.39 is 0 Å². The topological polar surface area (TPSA) is 57.7 Å². The third-order valence-electron chi connectivity index (χ3n) is 12.3. The third kappa shape index (κ3) is 5.76. The maximum absolute atomic E-state index is 10.1. The molecular formula is C58H33N3O2. The summed E-state index contributed by atoms with van der Waals surface area (Å²) in [5.74, 6) is 0. The first kappa shape index (κ1) is 36.0. The van der Waals surface area contributed by atoms with Crippen molar-refractivity contribution in [2.45, 2.75) is 0 Å². The van der Waals surface area contributed by atoms with E-state index in [0.717, 1.165) is 105 Å². The predicted molar refractivity (Wildman–Crippen MR) is 258 cm³/mol. The molecule has 63 heavy (non-hydrogen) atoms. The van der Waals surface area contributed by atoms with Crippen LogP contribution in [0.1, 0.15) is 5.56 Å². The van der Waals surface area contributed by atoms with E-state index in [9.17, 15) is 5.26 Å². The minimum atomic E-state index is 0.511. The highest BCUT2D eigenvalue weighted by molar-refractivity contribution is 6.24. The molecule has 0 saturated heterocycles. The summed E-state index contributed by atoms with van der Waals surface area (Å²) in [5, 5.41) is 18.2. The highest BCUT2D eigenvalue weighted by Crippen LogP contribution is 2.45. The van der Waals surface area contributed by atoms with E-state index in [2.05, 4.69) is 161 Å². The lowest BCUT2D eigenvalue weighted by Crippen LogP contribution is -2.09. The molecule has 0 N–H and O–H groups in total. The van der Waals surface area contributed by atoms with Crippen molar-refractivity contribution >= 4 is 88.2 Å². The fourth-order valence-corrected chi connectivity index (χ4v) is 9.36. The molecule has 5 nitrogen and oxygen atoms in total. The molecule has 292 valence electrons. The monoisotopic (exact) mass is 803 g/mol. The number of para-hydroxylation sites is 2. The van der Waals surface area contributed by atoms with Crippen LogP contribution in [0.15, 0.2) is 209 Å². The van der Waals surface area contributed by atoms with E-state index in [-0.39, 0.29) is 0 Å². The van der Waals surface area contributed by atoms with Crippen molar-refractivity contribution in [3.8, 4) is 39.4 Å². The second-order valence-corrected chi connectivity index (χ2v) is 15.8. The zero-order valence-corrected chi connectivity index (χ0v) is 33.7. The predicted octanol–water partition coefficient (Wildman–Crippen LogP) is 16.7. The van der Waals surface area contributed by atoms with Gasteiger partial charge in [-0.1, -0.05) is 152 Å². The van der Waals surface area contributed by atoms with Crippen molar-refractivity contribution in [2.75, 3.05) is 4.90 Å². The van der Waals surface area contributed by atoms with Gasteiger partial charge in [0.05, 0.1) is 12.1 Å². The van der Waals surface area contributed by atoms with E-state index in [4.69, 9.17) is 15.4 Å². The standard InChI is InChI=1S/C58H33N3O2/c1-60-52-34-41-14-6-8-16-47(41)54-51-20-10-18-49(57(51)63-58(52)54)39-25-31-45(32-26-39)61(43-27-21-37(22-28-43)36-11-3-2-4-12-36)44-29-23-38(24-30-44)48-17-9-19-50-53-46-15-7-5-13-40(46)33-42(35-59)55(53)62-56(48)50/h2-34H. The Morgan fingerprint density at radius 1 is 0.413 bits per heavy atom. The molecular weight excluding hydrogens is 771 g/mol. The van der Waals surface area contributed by atoms with Crippen molar-refractivity contribution in [1.82, 2.24) is 0 Å². The van der Waals surface area contributed by atoms with Gasteiger partial charge in [-0.2, -0.15) is 5.26 Å². The lowest BCUT2D eigenvalue weighted by Gasteiger charge is -2.26. The van der Waals surface area contributed by atoms with E-state index >= 15 is 0 Å². The van der Waals surface area contributed by atoms with Gasteiger partial charge in [0.15, 0.2) is 5.58 Å².